The van der Waals surface area contributed by atoms with Crippen LogP contribution in [0.3, 0.4) is 0 Å². The van der Waals surface area contributed by atoms with Gasteiger partial charge in [-0.2, -0.15) is 0 Å². The van der Waals surface area contributed by atoms with Crippen LogP contribution < -0.4 is 14.8 Å². The predicted molar refractivity (Wildman–Crippen MR) is 115 cm³/mol. The second kappa shape index (κ2) is 8.78. The molecule has 0 spiro atoms. The molecule has 0 saturated carbocycles. The third kappa shape index (κ3) is 4.42. The van der Waals surface area contributed by atoms with Crippen LogP contribution >= 0.6 is 0 Å². The minimum absolute atomic E-state index is 0.149. The number of hydrogen-bond donors (Lipinski definition) is 1. The summed E-state index contributed by atoms with van der Waals surface area (Å²) in [6.45, 7) is 4.99. The number of fused-ring (bicyclic) bond motifs is 1. The van der Waals surface area contributed by atoms with Gasteiger partial charge in [-0.3, -0.25) is 9.59 Å². The molecular formula is C24H28N2O4. The van der Waals surface area contributed by atoms with Crippen molar-refractivity contribution in [2.45, 2.75) is 51.7 Å². The fourth-order valence-electron chi connectivity index (χ4n) is 4.06. The highest BCUT2D eigenvalue weighted by Crippen LogP contribution is 2.28. The van der Waals surface area contributed by atoms with Gasteiger partial charge in [-0.05, 0) is 69.0 Å². The molecule has 2 aliphatic rings. The number of likely N-dealkylation sites (tertiary alicyclic amines) is 1. The third-order valence-electron chi connectivity index (χ3n) is 5.73. The first-order valence-corrected chi connectivity index (χ1v) is 10.6. The summed E-state index contributed by atoms with van der Waals surface area (Å²) in [6.07, 6.45) is 2.66. The van der Waals surface area contributed by atoms with E-state index in [4.69, 9.17) is 9.47 Å². The monoisotopic (exact) mass is 408 g/mol. The maximum absolute atomic E-state index is 13.1. The van der Waals surface area contributed by atoms with Crippen molar-refractivity contribution in [2.24, 2.45) is 0 Å². The lowest BCUT2D eigenvalue weighted by Crippen LogP contribution is -2.53. The molecule has 6 nitrogen and oxygen atoms in total. The van der Waals surface area contributed by atoms with Crippen molar-refractivity contribution in [3.05, 3.63) is 53.6 Å². The molecule has 0 unspecified atom stereocenters. The molecule has 2 atom stereocenters. The van der Waals surface area contributed by atoms with Crippen molar-refractivity contribution < 1.29 is 19.1 Å². The van der Waals surface area contributed by atoms with Gasteiger partial charge in [0.15, 0.2) is 6.10 Å². The van der Waals surface area contributed by atoms with E-state index in [1.165, 1.54) is 0 Å². The van der Waals surface area contributed by atoms with Crippen molar-refractivity contribution >= 4 is 17.5 Å². The van der Waals surface area contributed by atoms with E-state index in [0.717, 1.165) is 41.8 Å². The third-order valence-corrected chi connectivity index (χ3v) is 5.73. The van der Waals surface area contributed by atoms with E-state index in [9.17, 15) is 9.59 Å². The Kier molecular flexibility index (Phi) is 5.93. The van der Waals surface area contributed by atoms with Gasteiger partial charge in [0.05, 0.1) is 6.61 Å². The molecule has 30 heavy (non-hydrogen) atoms. The molecule has 1 saturated heterocycles. The van der Waals surface area contributed by atoms with Crippen LogP contribution in [0.15, 0.2) is 42.5 Å². The van der Waals surface area contributed by atoms with Gasteiger partial charge in [0.2, 0.25) is 5.91 Å². The Morgan fingerprint density at radius 1 is 1.17 bits per heavy atom. The number of piperidine rings is 1. The smallest absolute Gasteiger partial charge is 0.264 e. The van der Waals surface area contributed by atoms with Crippen molar-refractivity contribution in [2.75, 3.05) is 18.5 Å². The number of aryl methyl sites for hydroxylation is 1. The molecule has 2 aliphatic heterocycles. The molecule has 0 bridgehead atoms. The summed E-state index contributed by atoms with van der Waals surface area (Å²) in [4.78, 5) is 27.8. The van der Waals surface area contributed by atoms with E-state index < -0.39 is 12.1 Å². The number of rotatable bonds is 5. The topological polar surface area (TPSA) is 67.9 Å². The SMILES string of the molecule is Cc1ccc(O[C@@H](C)C(=O)N2CCCC[C@@H]2C(=O)Nc2ccc3c(c2)CCO3)cc1. The van der Waals surface area contributed by atoms with Crippen molar-refractivity contribution in [3.8, 4) is 11.5 Å². The van der Waals surface area contributed by atoms with E-state index in [-0.39, 0.29) is 11.8 Å². The van der Waals surface area contributed by atoms with Crippen LogP contribution in [-0.2, 0) is 16.0 Å². The average Bonchev–Trinajstić information content (AvgIpc) is 3.22. The molecule has 2 aromatic rings. The van der Waals surface area contributed by atoms with Crippen LogP contribution in [0, 0.1) is 6.92 Å². The van der Waals surface area contributed by atoms with Crippen LogP contribution in [0.25, 0.3) is 0 Å². The number of benzene rings is 2. The number of nitrogens with zero attached hydrogens (tertiary/aromatic N) is 1. The van der Waals surface area contributed by atoms with Crippen LogP contribution in [0.5, 0.6) is 11.5 Å². The standard InChI is InChI=1S/C24H28N2O4/c1-16-6-9-20(10-7-16)30-17(2)24(28)26-13-4-3-5-21(26)23(27)25-19-8-11-22-18(15-19)12-14-29-22/h6-11,15,17,21H,3-5,12-14H2,1-2H3,(H,25,27)/t17-,21+/m0/s1. The van der Waals surface area contributed by atoms with Gasteiger partial charge in [-0.25, -0.2) is 0 Å². The van der Waals surface area contributed by atoms with Crippen LogP contribution in [0.1, 0.15) is 37.3 Å². The molecule has 0 aromatic heterocycles. The first-order chi connectivity index (χ1) is 14.5. The Bertz CT molecular complexity index is 925. The number of nitrogens with one attached hydrogen (secondary N) is 1. The first-order valence-electron chi connectivity index (χ1n) is 10.6. The Labute approximate surface area is 177 Å². The van der Waals surface area contributed by atoms with Gasteiger partial charge in [0.1, 0.15) is 17.5 Å². The van der Waals surface area contributed by atoms with Gasteiger partial charge < -0.3 is 19.7 Å². The zero-order chi connectivity index (χ0) is 21.1. The van der Waals surface area contributed by atoms with Crippen LogP contribution in [0.2, 0.25) is 0 Å². The second-order valence-electron chi connectivity index (χ2n) is 8.03. The Balaban J connectivity index is 1.43. The van der Waals surface area contributed by atoms with Gasteiger partial charge in [0.25, 0.3) is 5.91 Å². The van der Waals surface area contributed by atoms with Gasteiger partial charge in [0, 0.05) is 18.7 Å². The largest absolute Gasteiger partial charge is 0.493 e. The minimum atomic E-state index is -0.654. The first kappa shape index (κ1) is 20.3. The summed E-state index contributed by atoms with van der Waals surface area (Å²) in [6, 6.07) is 12.8. The van der Waals surface area contributed by atoms with Gasteiger partial charge in [-0.1, -0.05) is 17.7 Å². The number of carbonyl (C=O) groups excluding carboxylic acids is 2. The fraction of sp³-hybridized carbons (Fsp3) is 0.417. The zero-order valence-electron chi connectivity index (χ0n) is 17.5. The highest BCUT2D eigenvalue weighted by molar-refractivity contribution is 5.98. The molecule has 158 valence electrons. The lowest BCUT2D eigenvalue weighted by molar-refractivity contribution is -0.145. The molecule has 6 heteroatoms. The molecular weight excluding hydrogens is 380 g/mol. The normalized spacial score (nSPS) is 18.9. The second-order valence-corrected chi connectivity index (χ2v) is 8.03. The Morgan fingerprint density at radius 3 is 2.77 bits per heavy atom. The fourth-order valence-corrected chi connectivity index (χ4v) is 4.06. The maximum Gasteiger partial charge on any atom is 0.264 e. The summed E-state index contributed by atoms with van der Waals surface area (Å²) >= 11 is 0. The lowest BCUT2D eigenvalue weighted by Gasteiger charge is -2.36. The molecule has 0 aliphatic carbocycles. The van der Waals surface area contributed by atoms with Crippen LogP contribution in [0.4, 0.5) is 5.69 Å². The van der Waals surface area contributed by atoms with Crippen molar-refractivity contribution in [1.29, 1.82) is 0 Å². The quantitative estimate of drug-likeness (QED) is 0.819. The number of amides is 2. The van der Waals surface area contributed by atoms with Gasteiger partial charge in [-0.15, -0.1) is 0 Å². The van der Waals surface area contributed by atoms with Crippen molar-refractivity contribution in [3.63, 3.8) is 0 Å². The van der Waals surface area contributed by atoms with E-state index in [2.05, 4.69) is 5.32 Å². The summed E-state index contributed by atoms with van der Waals surface area (Å²) in [5, 5.41) is 2.99. The molecule has 1 N–H and O–H groups in total. The highest BCUT2D eigenvalue weighted by Gasteiger charge is 2.35. The lowest BCUT2D eigenvalue weighted by atomic mass is 10.0. The number of hydrogen-bond acceptors (Lipinski definition) is 4. The maximum atomic E-state index is 13.1. The van der Waals surface area contributed by atoms with E-state index in [1.54, 1.807) is 11.8 Å². The van der Waals surface area contributed by atoms with Crippen LogP contribution in [-0.4, -0.2) is 42.0 Å². The number of ether oxygens (including phenoxy) is 2. The Morgan fingerprint density at radius 2 is 1.97 bits per heavy atom. The highest BCUT2D eigenvalue weighted by atomic mass is 16.5. The minimum Gasteiger partial charge on any atom is -0.493 e. The number of anilines is 1. The predicted octanol–water partition coefficient (Wildman–Crippen LogP) is 3.72. The summed E-state index contributed by atoms with van der Waals surface area (Å²) < 4.78 is 11.4. The average molecular weight is 408 g/mol. The summed E-state index contributed by atoms with van der Waals surface area (Å²) in [5.74, 6) is 1.23. The van der Waals surface area contributed by atoms with Crippen molar-refractivity contribution in [1.82, 2.24) is 4.90 Å². The molecule has 4 rings (SSSR count). The van der Waals surface area contributed by atoms with E-state index in [0.29, 0.717) is 25.3 Å². The summed E-state index contributed by atoms with van der Waals surface area (Å²) in [5.41, 5.74) is 2.97. The molecule has 2 heterocycles. The zero-order valence-corrected chi connectivity index (χ0v) is 17.5. The Hall–Kier alpha value is -3.02. The number of carbonyl (C=O) groups is 2. The van der Waals surface area contributed by atoms with Gasteiger partial charge >= 0.3 is 0 Å². The molecule has 2 aromatic carbocycles. The summed E-state index contributed by atoms with van der Waals surface area (Å²) in [7, 11) is 0. The molecule has 0 radical (unpaired) electrons. The molecule has 1 fully saturated rings. The van der Waals surface area contributed by atoms with E-state index >= 15 is 0 Å². The van der Waals surface area contributed by atoms with E-state index in [1.807, 2.05) is 49.4 Å². The molecule has 2 amide bonds.